The minimum Gasteiger partial charge on any atom is -0.493 e. The summed E-state index contributed by atoms with van der Waals surface area (Å²) in [4.78, 5) is 17.7. The van der Waals surface area contributed by atoms with E-state index in [1.54, 1.807) is 14.2 Å². The Morgan fingerprint density at radius 3 is 2.62 bits per heavy atom. The summed E-state index contributed by atoms with van der Waals surface area (Å²) < 4.78 is 10.6. The van der Waals surface area contributed by atoms with Crippen LogP contribution in [-0.2, 0) is 4.79 Å². The molecule has 0 spiro atoms. The summed E-state index contributed by atoms with van der Waals surface area (Å²) in [6.45, 7) is 0. The molecular formula is C19H18N2O3S2. The standard InChI is InChI=1S/C19H18N2O3S2/c1-23-16-9-8-13(10-17(16)24-2)15-11-26-19(20-15)21-18(22)12-25-14-6-4-3-5-7-14/h3-11H,12H2,1-2H3,(H,20,21,22). The quantitative estimate of drug-likeness (QED) is 0.603. The zero-order valence-electron chi connectivity index (χ0n) is 14.4. The Kier molecular flexibility index (Phi) is 6.14. The second-order valence-corrected chi connectivity index (χ2v) is 7.16. The van der Waals surface area contributed by atoms with Crippen LogP contribution in [0, 0.1) is 0 Å². The largest absolute Gasteiger partial charge is 0.493 e. The molecule has 0 saturated heterocycles. The van der Waals surface area contributed by atoms with Gasteiger partial charge >= 0.3 is 0 Å². The fourth-order valence-electron chi connectivity index (χ4n) is 2.28. The number of thiazole rings is 1. The molecule has 3 aromatic rings. The van der Waals surface area contributed by atoms with Crippen molar-refractivity contribution < 1.29 is 14.3 Å². The molecule has 0 fully saturated rings. The van der Waals surface area contributed by atoms with Gasteiger partial charge in [0.2, 0.25) is 5.91 Å². The summed E-state index contributed by atoms with van der Waals surface area (Å²) in [7, 11) is 3.19. The molecule has 0 aliphatic heterocycles. The van der Waals surface area contributed by atoms with E-state index < -0.39 is 0 Å². The third-order valence-electron chi connectivity index (χ3n) is 3.54. The number of carbonyl (C=O) groups is 1. The van der Waals surface area contributed by atoms with E-state index in [1.165, 1.54) is 23.1 Å². The highest BCUT2D eigenvalue weighted by Crippen LogP contribution is 2.33. The average Bonchev–Trinajstić information content (AvgIpc) is 3.15. The van der Waals surface area contributed by atoms with E-state index in [0.29, 0.717) is 22.4 Å². The fourth-order valence-corrected chi connectivity index (χ4v) is 3.74. The van der Waals surface area contributed by atoms with E-state index in [2.05, 4.69) is 10.3 Å². The molecule has 2 aromatic carbocycles. The second kappa shape index (κ2) is 8.73. The van der Waals surface area contributed by atoms with Crippen LogP contribution < -0.4 is 14.8 Å². The molecule has 0 saturated carbocycles. The number of carbonyl (C=O) groups excluding carboxylic acids is 1. The van der Waals surface area contributed by atoms with Gasteiger partial charge in [-0.1, -0.05) is 18.2 Å². The lowest BCUT2D eigenvalue weighted by Crippen LogP contribution is -2.13. The molecule has 26 heavy (non-hydrogen) atoms. The van der Waals surface area contributed by atoms with Gasteiger partial charge in [-0.05, 0) is 30.3 Å². The Balaban J connectivity index is 1.63. The van der Waals surface area contributed by atoms with Crippen molar-refractivity contribution in [1.29, 1.82) is 0 Å². The van der Waals surface area contributed by atoms with Crippen LogP contribution in [0.3, 0.4) is 0 Å². The van der Waals surface area contributed by atoms with E-state index in [9.17, 15) is 4.79 Å². The van der Waals surface area contributed by atoms with Crippen molar-refractivity contribution in [2.45, 2.75) is 4.90 Å². The Morgan fingerprint density at radius 2 is 1.88 bits per heavy atom. The summed E-state index contributed by atoms with van der Waals surface area (Å²) in [5.41, 5.74) is 1.68. The number of anilines is 1. The number of nitrogens with one attached hydrogen (secondary N) is 1. The predicted octanol–water partition coefficient (Wildman–Crippen LogP) is 4.56. The first kappa shape index (κ1) is 18.3. The Labute approximate surface area is 160 Å². The van der Waals surface area contributed by atoms with Gasteiger partial charge < -0.3 is 14.8 Å². The van der Waals surface area contributed by atoms with Gasteiger partial charge in [0.25, 0.3) is 0 Å². The maximum atomic E-state index is 12.1. The van der Waals surface area contributed by atoms with Gasteiger partial charge in [0.1, 0.15) is 0 Å². The predicted molar refractivity (Wildman–Crippen MR) is 106 cm³/mol. The van der Waals surface area contributed by atoms with Crippen LogP contribution in [0.1, 0.15) is 0 Å². The monoisotopic (exact) mass is 386 g/mol. The lowest BCUT2D eigenvalue weighted by Gasteiger charge is -2.08. The summed E-state index contributed by atoms with van der Waals surface area (Å²) in [6.07, 6.45) is 0. The molecule has 0 atom stereocenters. The van der Waals surface area contributed by atoms with Crippen molar-refractivity contribution in [2.75, 3.05) is 25.3 Å². The Bertz CT molecular complexity index is 882. The normalized spacial score (nSPS) is 10.4. The highest BCUT2D eigenvalue weighted by atomic mass is 32.2. The first-order valence-corrected chi connectivity index (χ1v) is 9.71. The van der Waals surface area contributed by atoms with Gasteiger partial charge in [0.05, 0.1) is 25.7 Å². The van der Waals surface area contributed by atoms with Crippen LogP contribution >= 0.6 is 23.1 Å². The smallest absolute Gasteiger partial charge is 0.236 e. The number of ether oxygens (including phenoxy) is 2. The zero-order valence-corrected chi connectivity index (χ0v) is 16.0. The number of benzene rings is 2. The van der Waals surface area contributed by atoms with Crippen LogP contribution in [0.15, 0.2) is 58.8 Å². The van der Waals surface area contributed by atoms with E-state index in [4.69, 9.17) is 9.47 Å². The molecule has 0 radical (unpaired) electrons. The molecule has 3 rings (SSSR count). The van der Waals surface area contributed by atoms with Crippen LogP contribution in [0.2, 0.25) is 0 Å². The molecule has 0 bridgehead atoms. The maximum absolute atomic E-state index is 12.1. The van der Waals surface area contributed by atoms with Crippen molar-refractivity contribution in [3.05, 3.63) is 53.9 Å². The number of aromatic nitrogens is 1. The van der Waals surface area contributed by atoms with E-state index in [-0.39, 0.29) is 5.91 Å². The van der Waals surface area contributed by atoms with Crippen molar-refractivity contribution in [3.63, 3.8) is 0 Å². The lowest BCUT2D eigenvalue weighted by molar-refractivity contribution is -0.113. The number of hydrogen-bond donors (Lipinski definition) is 1. The molecule has 134 valence electrons. The Morgan fingerprint density at radius 1 is 1.12 bits per heavy atom. The minimum atomic E-state index is -0.0768. The maximum Gasteiger partial charge on any atom is 0.236 e. The molecule has 0 unspecified atom stereocenters. The summed E-state index contributed by atoms with van der Waals surface area (Å²) in [6, 6.07) is 15.4. The number of rotatable bonds is 7. The SMILES string of the molecule is COc1ccc(-c2csc(NC(=O)CSc3ccccc3)n2)cc1OC. The van der Waals surface area contributed by atoms with Crippen LogP contribution in [0.4, 0.5) is 5.13 Å². The molecule has 1 N–H and O–H groups in total. The molecule has 1 heterocycles. The first-order chi connectivity index (χ1) is 12.7. The van der Waals surface area contributed by atoms with Gasteiger partial charge in [-0.2, -0.15) is 0 Å². The minimum absolute atomic E-state index is 0.0768. The lowest BCUT2D eigenvalue weighted by atomic mass is 10.1. The summed E-state index contributed by atoms with van der Waals surface area (Å²) in [5.74, 6) is 1.57. The summed E-state index contributed by atoms with van der Waals surface area (Å²) in [5, 5.41) is 5.33. The zero-order chi connectivity index (χ0) is 18.4. The van der Waals surface area contributed by atoms with Gasteiger partial charge in [-0.25, -0.2) is 4.98 Å². The van der Waals surface area contributed by atoms with Gasteiger partial charge in [0.15, 0.2) is 16.6 Å². The molecule has 0 aliphatic carbocycles. The third-order valence-corrected chi connectivity index (χ3v) is 5.31. The molecule has 0 aliphatic rings. The summed E-state index contributed by atoms with van der Waals surface area (Å²) >= 11 is 2.89. The number of hydrogen-bond acceptors (Lipinski definition) is 6. The van der Waals surface area contributed by atoms with Gasteiger partial charge in [0, 0.05) is 15.8 Å². The van der Waals surface area contributed by atoms with E-state index in [0.717, 1.165) is 16.2 Å². The van der Waals surface area contributed by atoms with Crippen molar-refractivity contribution >= 4 is 34.1 Å². The van der Waals surface area contributed by atoms with Crippen molar-refractivity contribution in [3.8, 4) is 22.8 Å². The van der Waals surface area contributed by atoms with Crippen LogP contribution in [0.25, 0.3) is 11.3 Å². The van der Waals surface area contributed by atoms with Gasteiger partial charge in [-0.3, -0.25) is 4.79 Å². The second-order valence-electron chi connectivity index (χ2n) is 5.26. The topological polar surface area (TPSA) is 60.5 Å². The highest BCUT2D eigenvalue weighted by molar-refractivity contribution is 8.00. The van der Waals surface area contributed by atoms with Gasteiger partial charge in [-0.15, -0.1) is 23.1 Å². The van der Waals surface area contributed by atoms with Crippen LogP contribution in [0.5, 0.6) is 11.5 Å². The number of thioether (sulfide) groups is 1. The average molecular weight is 386 g/mol. The van der Waals surface area contributed by atoms with Crippen molar-refractivity contribution in [1.82, 2.24) is 4.98 Å². The Hall–Kier alpha value is -2.51. The first-order valence-electron chi connectivity index (χ1n) is 7.85. The fraction of sp³-hybridized carbons (Fsp3) is 0.158. The number of amides is 1. The number of nitrogens with zero attached hydrogens (tertiary/aromatic N) is 1. The molecule has 1 aromatic heterocycles. The third kappa shape index (κ3) is 4.56. The van der Waals surface area contributed by atoms with E-state index >= 15 is 0 Å². The molecule has 1 amide bonds. The molecule has 5 nitrogen and oxygen atoms in total. The van der Waals surface area contributed by atoms with Crippen molar-refractivity contribution in [2.24, 2.45) is 0 Å². The molecule has 7 heteroatoms. The van der Waals surface area contributed by atoms with Crippen LogP contribution in [-0.4, -0.2) is 30.9 Å². The molecular weight excluding hydrogens is 368 g/mol. The highest BCUT2D eigenvalue weighted by Gasteiger charge is 2.11. The van der Waals surface area contributed by atoms with E-state index in [1.807, 2.05) is 53.9 Å². The number of methoxy groups -OCH3 is 2.